The van der Waals surface area contributed by atoms with Gasteiger partial charge in [0.15, 0.2) is 0 Å². The smallest absolute Gasteiger partial charge is 0.460 e. The minimum absolute atomic E-state index is 0.423. The summed E-state index contributed by atoms with van der Waals surface area (Å²) in [5, 5.41) is 2.80. The maximum Gasteiger partial charge on any atom is 0.460 e. The van der Waals surface area contributed by atoms with Crippen LogP contribution in [0.3, 0.4) is 0 Å². The van der Waals surface area contributed by atoms with Gasteiger partial charge in [0.25, 0.3) is 0 Å². The van der Waals surface area contributed by atoms with Crippen molar-refractivity contribution in [2.45, 2.75) is 127 Å². The summed E-state index contributed by atoms with van der Waals surface area (Å²) in [7, 11) is 0. The third-order valence-electron chi connectivity index (χ3n) is 6.03. The minimum Gasteiger partial charge on any atom is -0.498 e. The van der Waals surface area contributed by atoms with Crippen LogP contribution in [-0.2, 0) is 8.53 Å². The van der Waals surface area contributed by atoms with Crippen LogP contribution in [0.25, 0.3) is 0 Å². The summed E-state index contributed by atoms with van der Waals surface area (Å²) in [4.78, 5) is 0. The van der Waals surface area contributed by atoms with Crippen LogP contribution in [0, 0.1) is 5.92 Å². The summed E-state index contributed by atoms with van der Waals surface area (Å²) in [5.41, 5.74) is 0. The summed E-state index contributed by atoms with van der Waals surface area (Å²) < 4.78 is 12.4. The molecule has 1 rings (SSSR count). The monoisotopic (exact) mass is 382 g/mol. The Hall–Kier alpha value is 0.452. The highest BCUT2D eigenvalue weighted by molar-refractivity contribution is 6.51. The van der Waals surface area contributed by atoms with E-state index in [0.29, 0.717) is 12.0 Å². The van der Waals surface area contributed by atoms with E-state index in [1.165, 1.54) is 100 Å². The lowest BCUT2D eigenvalue weighted by atomic mass is 9.97. The standard InChI is InChI=1S/2C8H17.C7H13O2.Al/c2*1-3-5-7-8-6-4-2;1-6(8)7-3-2-4-9-5-7;/h2*1,3-8H2,2H3;6-7H,2-5H2,1H3;/q;;-1;+1. The molecule has 0 aromatic carbocycles. The van der Waals surface area contributed by atoms with Gasteiger partial charge >= 0.3 is 14.5 Å². The van der Waals surface area contributed by atoms with Gasteiger partial charge in [-0.1, -0.05) is 101 Å². The highest BCUT2D eigenvalue weighted by atomic mass is 27.2. The molecule has 154 valence electrons. The van der Waals surface area contributed by atoms with Crippen LogP contribution in [0.2, 0.25) is 10.6 Å². The van der Waals surface area contributed by atoms with E-state index in [1.54, 1.807) is 0 Å². The van der Waals surface area contributed by atoms with Crippen molar-refractivity contribution >= 4 is 14.5 Å². The van der Waals surface area contributed by atoms with E-state index >= 15 is 0 Å². The molecule has 0 aromatic heterocycles. The van der Waals surface area contributed by atoms with Gasteiger partial charge in [-0.05, 0) is 19.8 Å². The molecule has 1 aliphatic rings. The van der Waals surface area contributed by atoms with Gasteiger partial charge in [0.1, 0.15) is 0 Å². The lowest BCUT2D eigenvalue weighted by Gasteiger charge is -2.30. The van der Waals surface area contributed by atoms with E-state index in [4.69, 9.17) is 8.53 Å². The molecule has 1 heterocycles. The van der Waals surface area contributed by atoms with Crippen molar-refractivity contribution in [2.75, 3.05) is 13.2 Å². The van der Waals surface area contributed by atoms with Gasteiger partial charge in [-0.3, -0.25) is 0 Å². The Labute approximate surface area is 169 Å². The van der Waals surface area contributed by atoms with Gasteiger partial charge < -0.3 is 8.53 Å². The zero-order valence-electron chi connectivity index (χ0n) is 18.3. The Bertz CT molecular complexity index is 276. The normalized spacial score (nSPS) is 18.8. The second kappa shape index (κ2) is 17.5. The van der Waals surface area contributed by atoms with Crippen molar-refractivity contribution in [3.8, 4) is 0 Å². The molecule has 2 atom stereocenters. The molecule has 0 aromatic rings. The van der Waals surface area contributed by atoms with Crippen LogP contribution in [0.15, 0.2) is 0 Å². The molecule has 1 aliphatic heterocycles. The predicted octanol–water partition coefficient (Wildman–Crippen LogP) is 7.53. The molecule has 0 radical (unpaired) electrons. The Morgan fingerprint density at radius 3 is 1.88 bits per heavy atom. The topological polar surface area (TPSA) is 18.5 Å². The molecule has 1 saturated heterocycles. The van der Waals surface area contributed by atoms with Crippen molar-refractivity contribution in [1.82, 2.24) is 0 Å². The zero-order valence-corrected chi connectivity index (χ0v) is 19.4. The number of ether oxygens (including phenoxy) is 1. The minimum atomic E-state index is -1.04. The summed E-state index contributed by atoms with van der Waals surface area (Å²) in [6, 6.07) is 0. The Morgan fingerprint density at radius 1 is 0.846 bits per heavy atom. The van der Waals surface area contributed by atoms with E-state index < -0.39 is 14.5 Å². The Morgan fingerprint density at radius 2 is 1.38 bits per heavy atom. The van der Waals surface area contributed by atoms with Crippen LogP contribution >= 0.6 is 0 Å². The second-order valence-corrected chi connectivity index (χ2v) is 11.2. The average molecular weight is 383 g/mol. The largest absolute Gasteiger partial charge is 0.498 e. The van der Waals surface area contributed by atoms with Gasteiger partial charge in [0.05, 0.1) is 6.61 Å². The number of hydrogen-bond donors (Lipinski definition) is 0. The van der Waals surface area contributed by atoms with E-state index in [9.17, 15) is 0 Å². The lowest BCUT2D eigenvalue weighted by molar-refractivity contribution is 0.00569. The molecule has 0 spiro atoms. The van der Waals surface area contributed by atoms with Gasteiger partial charge in [-0.2, -0.15) is 0 Å². The molecule has 26 heavy (non-hydrogen) atoms. The second-order valence-electron chi connectivity index (χ2n) is 8.55. The maximum atomic E-state index is 6.70. The molecule has 0 N–H and O–H groups in total. The quantitative estimate of drug-likeness (QED) is 0.191. The molecule has 2 unspecified atom stereocenters. The van der Waals surface area contributed by atoms with Crippen molar-refractivity contribution in [3.63, 3.8) is 0 Å². The molecular formula is C23H47AlO2. The van der Waals surface area contributed by atoms with Crippen molar-refractivity contribution < 1.29 is 8.53 Å². The van der Waals surface area contributed by atoms with Crippen LogP contribution < -0.4 is 0 Å². The molecule has 0 amide bonds. The lowest BCUT2D eigenvalue weighted by Crippen LogP contribution is -2.34. The number of hydrogen-bond acceptors (Lipinski definition) is 2. The third-order valence-corrected chi connectivity index (χ3v) is 8.94. The first-order valence-electron chi connectivity index (χ1n) is 12.0. The van der Waals surface area contributed by atoms with E-state index in [0.717, 1.165) is 13.2 Å². The Kier molecular flexibility index (Phi) is 16.5. The van der Waals surface area contributed by atoms with E-state index in [2.05, 4.69) is 20.8 Å². The fourth-order valence-electron chi connectivity index (χ4n) is 4.14. The highest BCUT2D eigenvalue weighted by Crippen LogP contribution is 2.23. The molecule has 0 saturated carbocycles. The molecule has 0 aliphatic carbocycles. The van der Waals surface area contributed by atoms with E-state index in [1.807, 2.05) is 0 Å². The van der Waals surface area contributed by atoms with Crippen molar-refractivity contribution in [2.24, 2.45) is 5.92 Å². The first-order chi connectivity index (χ1) is 12.8. The molecule has 1 fully saturated rings. The molecular weight excluding hydrogens is 335 g/mol. The van der Waals surface area contributed by atoms with E-state index in [-0.39, 0.29) is 0 Å². The fraction of sp³-hybridized carbons (Fsp3) is 1.00. The summed E-state index contributed by atoms with van der Waals surface area (Å²) in [6.07, 6.45) is 19.8. The predicted molar refractivity (Wildman–Crippen MR) is 116 cm³/mol. The number of unbranched alkanes of at least 4 members (excludes halogenated alkanes) is 10. The van der Waals surface area contributed by atoms with Crippen molar-refractivity contribution in [3.05, 3.63) is 0 Å². The van der Waals surface area contributed by atoms with Crippen LogP contribution in [0.5, 0.6) is 0 Å². The Balaban J connectivity index is 2.26. The summed E-state index contributed by atoms with van der Waals surface area (Å²) in [6.45, 7) is 8.80. The third kappa shape index (κ3) is 12.8. The zero-order chi connectivity index (χ0) is 18.9. The first kappa shape index (κ1) is 24.5. The summed E-state index contributed by atoms with van der Waals surface area (Å²) >= 11 is -1.04. The highest BCUT2D eigenvalue weighted by Gasteiger charge is 2.27. The molecule has 0 bridgehead atoms. The number of rotatable bonds is 17. The van der Waals surface area contributed by atoms with Gasteiger partial charge in [0.2, 0.25) is 0 Å². The van der Waals surface area contributed by atoms with Gasteiger partial charge in [-0.25, -0.2) is 0 Å². The molecule has 3 heteroatoms. The van der Waals surface area contributed by atoms with Gasteiger partial charge in [0, 0.05) is 18.6 Å². The van der Waals surface area contributed by atoms with Crippen LogP contribution in [0.4, 0.5) is 0 Å². The maximum absolute atomic E-state index is 6.70. The SMILES string of the molecule is CCCCCCC[CH2][Al]([CH2]CCCCCCC)[O]C(C)C1CCCOC1. The van der Waals surface area contributed by atoms with Crippen LogP contribution in [-0.4, -0.2) is 33.8 Å². The average Bonchev–Trinajstić information content (AvgIpc) is 2.67. The molecule has 2 nitrogen and oxygen atoms in total. The first-order valence-corrected chi connectivity index (χ1v) is 14.1. The van der Waals surface area contributed by atoms with Gasteiger partial charge in [-0.15, -0.1) is 0 Å². The fourth-order valence-corrected chi connectivity index (χ4v) is 7.01. The van der Waals surface area contributed by atoms with Crippen molar-refractivity contribution in [1.29, 1.82) is 0 Å². The van der Waals surface area contributed by atoms with Crippen LogP contribution in [0.1, 0.15) is 111 Å². The summed E-state index contributed by atoms with van der Waals surface area (Å²) in [5.74, 6) is 0.646.